The molecule has 11 nitrogen and oxygen atoms in total. The van der Waals surface area contributed by atoms with Gasteiger partial charge in [0.15, 0.2) is 0 Å². The van der Waals surface area contributed by atoms with E-state index < -0.39 is 25.5 Å². The van der Waals surface area contributed by atoms with E-state index in [1.54, 1.807) is 41.4 Å². The van der Waals surface area contributed by atoms with Gasteiger partial charge in [0.05, 0.1) is 24.1 Å². The lowest BCUT2D eigenvalue weighted by molar-refractivity contribution is -0.140. The van der Waals surface area contributed by atoms with Gasteiger partial charge in [-0.15, -0.1) is 11.3 Å². The topological polar surface area (TPSA) is 172 Å². The maximum atomic E-state index is 12.9. The van der Waals surface area contributed by atoms with Crippen molar-refractivity contribution in [2.24, 2.45) is 17.6 Å². The molecule has 3 amide bonds. The predicted molar refractivity (Wildman–Crippen MR) is 149 cm³/mol. The number of hydrogen-bond acceptors (Lipinski definition) is 7. The summed E-state index contributed by atoms with van der Waals surface area (Å²) < 4.78 is 17.8. The van der Waals surface area contributed by atoms with Gasteiger partial charge >= 0.3 is 7.60 Å². The van der Waals surface area contributed by atoms with Gasteiger partial charge in [-0.25, -0.2) is 4.98 Å². The Morgan fingerprint density at radius 1 is 1.18 bits per heavy atom. The first-order valence-electron chi connectivity index (χ1n) is 13.1. The van der Waals surface area contributed by atoms with Crippen LogP contribution >= 0.6 is 18.9 Å². The minimum absolute atomic E-state index is 0.0461. The summed E-state index contributed by atoms with van der Waals surface area (Å²) in [6, 6.07) is 11.3. The van der Waals surface area contributed by atoms with Gasteiger partial charge in [-0.1, -0.05) is 12.1 Å². The zero-order chi connectivity index (χ0) is 28.4. The fraction of sp³-hybridized carbons (Fsp3) is 0.407. The van der Waals surface area contributed by atoms with Gasteiger partial charge < -0.3 is 30.5 Å². The summed E-state index contributed by atoms with van der Waals surface area (Å²) in [5.74, 6) is 0.117. The Morgan fingerprint density at radius 2 is 1.98 bits per heavy atom. The Labute approximate surface area is 234 Å². The monoisotopic (exact) mass is 586 g/mol. The minimum atomic E-state index is -4.21. The summed E-state index contributed by atoms with van der Waals surface area (Å²) in [7, 11) is -4.21. The number of hydrogen-bond donors (Lipinski definition) is 4. The van der Waals surface area contributed by atoms with Crippen LogP contribution in [0.15, 0.2) is 48.7 Å². The highest BCUT2D eigenvalue weighted by atomic mass is 32.1. The number of thiophene rings is 1. The number of nitrogens with one attached hydrogen (secondary N) is 1. The van der Waals surface area contributed by atoms with Crippen molar-refractivity contribution in [2.75, 3.05) is 13.1 Å². The molecule has 0 radical (unpaired) electrons. The summed E-state index contributed by atoms with van der Waals surface area (Å²) in [5, 5.41) is 3.44. The summed E-state index contributed by atoms with van der Waals surface area (Å²) in [5.41, 5.74) is 6.07. The first-order chi connectivity index (χ1) is 19.0. The number of amides is 3. The molecule has 13 heteroatoms. The van der Waals surface area contributed by atoms with Crippen molar-refractivity contribution >= 4 is 46.7 Å². The molecular weight excluding hydrogens is 555 g/mol. The van der Waals surface area contributed by atoms with Gasteiger partial charge in [0, 0.05) is 23.4 Å². The quantitative estimate of drug-likeness (QED) is 0.235. The van der Waals surface area contributed by atoms with Crippen molar-refractivity contribution in [3.05, 3.63) is 59.1 Å². The number of ether oxygens (including phenoxy) is 1. The molecule has 1 saturated carbocycles. The molecule has 2 aromatic heterocycles. The van der Waals surface area contributed by atoms with E-state index in [2.05, 4.69) is 10.3 Å². The molecule has 5 N–H and O–H groups in total. The SMILES string of the molecule is NC(=O)[C@H](C[C@@H]1C[C@@H]1CCC(=O)N1CC(Oc2ccccn2)C1)NC(=O)c1cc2cc(CP(=O)(O)O)ccc2s1. The Bertz CT molecular complexity index is 1450. The zero-order valence-electron chi connectivity index (χ0n) is 21.6. The highest BCUT2D eigenvalue weighted by Gasteiger charge is 2.41. The van der Waals surface area contributed by atoms with Gasteiger partial charge in [0.1, 0.15) is 12.1 Å². The number of fused-ring (bicyclic) bond motifs is 1. The van der Waals surface area contributed by atoms with Gasteiger partial charge in [-0.3, -0.25) is 18.9 Å². The van der Waals surface area contributed by atoms with Gasteiger partial charge in [-0.05, 0) is 66.3 Å². The Hall–Kier alpha value is -3.31. The molecule has 1 aromatic carbocycles. The molecule has 0 spiro atoms. The predicted octanol–water partition coefficient (Wildman–Crippen LogP) is 2.65. The molecule has 1 aliphatic heterocycles. The second-order valence-corrected chi connectivity index (χ2v) is 13.2. The van der Waals surface area contributed by atoms with E-state index in [-0.39, 0.29) is 24.1 Å². The molecule has 2 fully saturated rings. The van der Waals surface area contributed by atoms with Crippen LogP contribution < -0.4 is 15.8 Å². The highest BCUT2D eigenvalue weighted by molar-refractivity contribution is 7.50. The lowest BCUT2D eigenvalue weighted by Gasteiger charge is -2.38. The van der Waals surface area contributed by atoms with Crippen LogP contribution in [0.1, 0.15) is 40.9 Å². The van der Waals surface area contributed by atoms with Crippen LogP contribution in [-0.2, 0) is 20.3 Å². The molecular formula is C27H31N4O7PS. The van der Waals surface area contributed by atoms with E-state index in [0.717, 1.165) is 17.5 Å². The molecule has 3 atom stereocenters. The van der Waals surface area contributed by atoms with Crippen LogP contribution in [0.2, 0.25) is 0 Å². The number of nitrogens with two attached hydrogens (primary N) is 1. The number of likely N-dealkylation sites (tertiary alicyclic amines) is 1. The zero-order valence-corrected chi connectivity index (χ0v) is 23.4. The van der Waals surface area contributed by atoms with E-state index in [1.807, 2.05) is 12.1 Å². The number of benzene rings is 1. The minimum Gasteiger partial charge on any atom is -0.471 e. The maximum Gasteiger partial charge on any atom is 0.329 e. The molecule has 3 aromatic rings. The maximum absolute atomic E-state index is 12.9. The summed E-state index contributed by atoms with van der Waals surface area (Å²) in [6.45, 7) is 1.09. The third-order valence-electron chi connectivity index (χ3n) is 7.30. The smallest absolute Gasteiger partial charge is 0.329 e. The molecule has 5 rings (SSSR count). The van der Waals surface area contributed by atoms with Crippen molar-refractivity contribution in [3.8, 4) is 5.88 Å². The molecule has 0 bridgehead atoms. The molecule has 212 valence electrons. The van der Waals surface area contributed by atoms with Crippen molar-refractivity contribution < 1.29 is 33.5 Å². The number of aromatic nitrogens is 1. The van der Waals surface area contributed by atoms with E-state index in [4.69, 9.17) is 10.5 Å². The lowest BCUT2D eigenvalue weighted by Crippen LogP contribution is -2.56. The third-order valence-corrected chi connectivity index (χ3v) is 9.20. The Balaban J connectivity index is 1.07. The Kier molecular flexibility index (Phi) is 8.23. The van der Waals surface area contributed by atoms with Crippen LogP contribution in [-0.4, -0.2) is 62.6 Å². The van der Waals surface area contributed by atoms with Crippen LogP contribution in [0.4, 0.5) is 0 Å². The number of rotatable bonds is 12. The largest absolute Gasteiger partial charge is 0.471 e. The average molecular weight is 587 g/mol. The van der Waals surface area contributed by atoms with E-state index in [9.17, 15) is 28.7 Å². The second-order valence-electron chi connectivity index (χ2n) is 10.5. The molecule has 40 heavy (non-hydrogen) atoms. The van der Waals surface area contributed by atoms with Crippen molar-refractivity contribution in [3.63, 3.8) is 0 Å². The number of primary amides is 1. The molecule has 1 aliphatic carbocycles. The molecule has 2 aliphatic rings. The number of carbonyl (C=O) groups excluding carboxylic acids is 3. The number of nitrogens with zero attached hydrogens (tertiary/aromatic N) is 2. The van der Waals surface area contributed by atoms with Crippen LogP contribution in [0.5, 0.6) is 5.88 Å². The summed E-state index contributed by atoms with van der Waals surface area (Å²) >= 11 is 1.23. The first kappa shape index (κ1) is 28.2. The van der Waals surface area contributed by atoms with Crippen molar-refractivity contribution in [1.29, 1.82) is 0 Å². The summed E-state index contributed by atoms with van der Waals surface area (Å²) in [4.78, 5) is 62.3. The summed E-state index contributed by atoms with van der Waals surface area (Å²) in [6.07, 6.45) is 3.68. The highest BCUT2D eigenvalue weighted by Crippen LogP contribution is 2.45. The third kappa shape index (κ3) is 7.25. The number of pyridine rings is 1. The Morgan fingerprint density at radius 3 is 2.67 bits per heavy atom. The van der Waals surface area contributed by atoms with E-state index >= 15 is 0 Å². The molecule has 3 heterocycles. The molecule has 0 unspecified atom stereocenters. The molecule has 1 saturated heterocycles. The van der Waals surface area contributed by atoms with E-state index in [0.29, 0.717) is 53.6 Å². The fourth-order valence-corrected chi connectivity index (χ4v) is 6.66. The van der Waals surface area contributed by atoms with E-state index in [1.165, 1.54) is 11.3 Å². The van der Waals surface area contributed by atoms with Gasteiger partial charge in [0.2, 0.25) is 17.7 Å². The normalized spacial score (nSPS) is 19.6. The van der Waals surface area contributed by atoms with Crippen LogP contribution in [0, 0.1) is 11.8 Å². The second kappa shape index (κ2) is 11.7. The van der Waals surface area contributed by atoms with Crippen molar-refractivity contribution in [1.82, 2.24) is 15.2 Å². The van der Waals surface area contributed by atoms with Crippen LogP contribution in [0.25, 0.3) is 10.1 Å². The number of carbonyl (C=O) groups is 3. The average Bonchev–Trinajstić information content (AvgIpc) is 3.47. The van der Waals surface area contributed by atoms with Gasteiger partial charge in [-0.2, -0.15) is 0 Å². The lowest BCUT2D eigenvalue weighted by atomic mass is 10.0. The standard InChI is InChI=1S/C27H31N4O7PS/c28-26(33)21(30-27(34)23-12-19-9-16(15-39(35,36)37)4-6-22(19)40-23)11-18-10-17(18)5-7-25(32)31-13-20(14-31)38-24-3-1-2-8-29-24/h1-4,6,8-9,12,17-18,20-21H,5,7,10-11,13-15H2,(H2,28,33)(H,30,34)(H2,35,36,37)/t17-,18-,21-/m0/s1. The van der Waals surface area contributed by atoms with Crippen molar-refractivity contribution in [2.45, 2.75) is 44.0 Å². The van der Waals surface area contributed by atoms with Gasteiger partial charge in [0.25, 0.3) is 5.91 Å². The van der Waals surface area contributed by atoms with Crippen LogP contribution in [0.3, 0.4) is 0 Å². The fourth-order valence-electron chi connectivity index (χ4n) is 5.04. The first-order valence-corrected chi connectivity index (χ1v) is 15.7.